The maximum atomic E-state index is 12.9. The van der Waals surface area contributed by atoms with E-state index in [0.717, 1.165) is 19.3 Å². The Morgan fingerprint density at radius 3 is 2.39 bits per heavy atom. The van der Waals surface area contributed by atoms with Gasteiger partial charge in [-0.15, -0.1) is 0 Å². The molecule has 1 aliphatic rings. The maximum Gasteiger partial charge on any atom is 0.276 e. The third-order valence-corrected chi connectivity index (χ3v) is 7.63. The molecule has 1 amide bonds. The van der Waals surface area contributed by atoms with Gasteiger partial charge in [-0.1, -0.05) is 42.4 Å². The van der Waals surface area contributed by atoms with Gasteiger partial charge in [-0.05, 0) is 55.0 Å². The zero-order valence-corrected chi connectivity index (χ0v) is 18.3. The lowest BCUT2D eigenvalue weighted by atomic mass is 9.90. The second kappa shape index (κ2) is 9.06. The number of amides is 1. The molecule has 0 bridgehead atoms. The molecule has 0 spiro atoms. The lowest BCUT2D eigenvalue weighted by molar-refractivity contribution is 0.0680. The molecule has 0 atom stereocenters. The topological polar surface area (TPSA) is 80.5 Å². The lowest BCUT2D eigenvalue weighted by Gasteiger charge is -2.31. The summed E-state index contributed by atoms with van der Waals surface area (Å²) in [6.45, 7) is 3.03. The zero-order valence-electron chi connectivity index (χ0n) is 17.5. The standard InChI is InChI=1S/C24H26N2O4S/c1-2-31(28,29)21-10-8-20(9-11-21)23-17-22(25-30-23)24(27)26-14-12-19(13-15-26)16-18-6-4-3-5-7-18/h3-11,17,19H,2,12-16H2,1H3. The van der Waals surface area contributed by atoms with Crippen LogP contribution in [-0.4, -0.2) is 43.2 Å². The zero-order chi connectivity index (χ0) is 21.8. The van der Waals surface area contributed by atoms with Crippen molar-refractivity contribution in [3.05, 3.63) is 71.9 Å². The van der Waals surface area contributed by atoms with Crippen LogP contribution < -0.4 is 0 Å². The first-order valence-electron chi connectivity index (χ1n) is 10.6. The summed E-state index contributed by atoms with van der Waals surface area (Å²) in [5, 5.41) is 3.96. The Morgan fingerprint density at radius 2 is 1.74 bits per heavy atom. The summed E-state index contributed by atoms with van der Waals surface area (Å²) < 4.78 is 29.3. The molecule has 0 aliphatic carbocycles. The van der Waals surface area contributed by atoms with E-state index in [1.54, 1.807) is 37.3 Å². The monoisotopic (exact) mass is 438 g/mol. The van der Waals surface area contributed by atoms with Gasteiger partial charge < -0.3 is 9.42 Å². The minimum Gasteiger partial charge on any atom is -0.355 e. The first-order valence-corrected chi connectivity index (χ1v) is 12.2. The summed E-state index contributed by atoms with van der Waals surface area (Å²) in [6.07, 6.45) is 2.98. The summed E-state index contributed by atoms with van der Waals surface area (Å²) >= 11 is 0. The molecule has 0 N–H and O–H groups in total. The predicted molar refractivity (Wildman–Crippen MR) is 118 cm³/mol. The predicted octanol–water partition coefficient (Wildman–Crippen LogP) is 4.23. The van der Waals surface area contributed by atoms with Crippen LogP contribution in [0.15, 0.2) is 70.1 Å². The molecule has 2 aromatic carbocycles. The number of nitrogens with zero attached hydrogens (tertiary/aromatic N) is 2. The van der Waals surface area contributed by atoms with Gasteiger partial charge in [0.1, 0.15) is 0 Å². The van der Waals surface area contributed by atoms with Crippen LogP contribution in [0.3, 0.4) is 0 Å². The maximum absolute atomic E-state index is 12.9. The molecule has 7 heteroatoms. The SMILES string of the molecule is CCS(=O)(=O)c1ccc(-c2cc(C(=O)N3CCC(Cc4ccccc4)CC3)no2)cc1. The molecule has 6 nitrogen and oxygen atoms in total. The van der Waals surface area contributed by atoms with Crippen LogP contribution in [-0.2, 0) is 16.3 Å². The largest absolute Gasteiger partial charge is 0.355 e. The minimum absolute atomic E-state index is 0.0509. The number of piperidine rings is 1. The van der Waals surface area contributed by atoms with Gasteiger partial charge in [-0.3, -0.25) is 4.79 Å². The highest BCUT2D eigenvalue weighted by molar-refractivity contribution is 7.91. The number of aromatic nitrogens is 1. The molecule has 1 saturated heterocycles. The fourth-order valence-electron chi connectivity index (χ4n) is 3.95. The van der Waals surface area contributed by atoms with Crippen molar-refractivity contribution < 1.29 is 17.7 Å². The van der Waals surface area contributed by atoms with Crippen LogP contribution >= 0.6 is 0 Å². The number of carbonyl (C=O) groups excluding carboxylic acids is 1. The van der Waals surface area contributed by atoms with Gasteiger partial charge >= 0.3 is 0 Å². The Morgan fingerprint density at radius 1 is 1.06 bits per heavy atom. The van der Waals surface area contributed by atoms with Gasteiger partial charge in [0.05, 0.1) is 10.6 Å². The van der Waals surface area contributed by atoms with Gasteiger partial charge in [-0.25, -0.2) is 8.42 Å². The molecule has 1 aliphatic heterocycles. The molecule has 4 rings (SSSR count). The van der Waals surface area contributed by atoms with Crippen LogP contribution in [0.1, 0.15) is 35.8 Å². The van der Waals surface area contributed by atoms with E-state index in [0.29, 0.717) is 30.3 Å². The summed E-state index contributed by atoms with van der Waals surface area (Å²) in [5.74, 6) is 0.952. The van der Waals surface area contributed by atoms with E-state index in [2.05, 4.69) is 29.4 Å². The van der Waals surface area contributed by atoms with Crippen molar-refractivity contribution in [1.29, 1.82) is 0 Å². The third kappa shape index (κ3) is 4.88. The van der Waals surface area contributed by atoms with Crippen molar-refractivity contribution >= 4 is 15.7 Å². The first kappa shape index (κ1) is 21.3. The average Bonchev–Trinajstić information content (AvgIpc) is 3.30. The van der Waals surface area contributed by atoms with Gasteiger partial charge in [0.15, 0.2) is 21.3 Å². The molecule has 3 aromatic rings. The summed E-state index contributed by atoms with van der Waals surface area (Å²) in [4.78, 5) is 15.0. The Balaban J connectivity index is 1.37. The second-order valence-corrected chi connectivity index (χ2v) is 10.2. The highest BCUT2D eigenvalue weighted by Gasteiger charge is 2.26. The van der Waals surface area contributed by atoms with Crippen LogP contribution in [0.2, 0.25) is 0 Å². The van der Waals surface area contributed by atoms with Crippen molar-refractivity contribution in [2.75, 3.05) is 18.8 Å². The number of hydrogen-bond donors (Lipinski definition) is 0. The van der Waals surface area contributed by atoms with Crippen LogP contribution in [0, 0.1) is 5.92 Å². The molecule has 1 fully saturated rings. The van der Waals surface area contributed by atoms with Gasteiger partial charge in [-0.2, -0.15) is 0 Å². The van der Waals surface area contributed by atoms with Crippen LogP contribution in [0.5, 0.6) is 0 Å². The van der Waals surface area contributed by atoms with Crippen molar-refractivity contribution in [1.82, 2.24) is 10.1 Å². The summed E-state index contributed by atoms with van der Waals surface area (Å²) in [5.41, 5.74) is 2.30. The van der Waals surface area contributed by atoms with Crippen molar-refractivity contribution in [2.24, 2.45) is 5.92 Å². The summed E-state index contributed by atoms with van der Waals surface area (Å²) in [7, 11) is -3.25. The minimum atomic E-state index is -3.25. The number of hydrogen-bond acceptors (Lipinski definition) is 5. The second-order valence-electron chi connectivity index (χ2n) is 7.93. The van der Waals surface area contributed by atoms with Gasteiger partial charge in [0.2, 0.25) is 0 Å². The van der Waals surface area contributed by atoms with E-state index < -0.39 is 9.84 Å². The van der Waals surface area contributed by atoms with E-state index in [-0.39, 0.29) is 22.2 Å². The molecular weight excluding hydrogens is 412 g/mol. The fraction of sp³-hybridized carbons (Fsp3) is 0.333. The number of rotatable bonds is 6. The van der Waals surface area contributed by atoms with Crippen molar-refractivity contribution in [2.45, 2.75) is 31.1 Å². The van der Waals surface area contributed by atoms with E-state index >= 15 is 0 Å². The fourth-order valence-corrected chi connectivity index (χ4v) is 4.84. The van der Waals surface area contributed by atoms with E-state index in [9.17, 15) is 13.2 Å². The normalized spacial score (nSPS) is 15.2. The Labute approximate surface area is 182 Å². The first-order chi connectivity index (χ1) is 15.0. The van der Waals surface area contributed by atoms with Crippen molar-refractivity contribution in [3.63, 3.8) is 0 Å². The average molecular weight is 439 g/mol. The lowest BCUT2D eigenvalue weighted by Crippen LogP contribution is -2.39. The van der Waals surface area contributed by atoms with Gasteiger partial charge in [0.25, 0.3) is 5.91 Å². The molecule has 162 valence electrons. The van der Waals surface area contributed by atoms with Crippen LogP contribution in [0.25, 0.3) is 11.3 Å². The van der Waals surface area contributed by atoms with E-state index in [1.807, 2.05) is 11.0 Å². The Hall–Kier alpha value is -2.93. The molecular formula is C24H26N2O4S. The Bertz CT molecular complexity index is 1130. The Kier molecular flexibility index (Phi) is 6.23. The van der Waals surface area contributed by atoms with Crippen molar-refractivity contribution in [3.8, 4) is 11.3 Å². The summed E-state index contributed by atoms with van der Waals surface area (Å²) in [6, 6.07) is 18.5. The van der Waals surface area contributed by atoms with Gasteiger partial charge in [0, 0.05) is 24.7 Å². The molecule has 2 heterocycles. The van der Waals surface area contributed by atoms with Crippen LogP contribution in [0.4, 0.5) is 0 Å². The molecule has 0 saturated carbocycles. The molecule has 31 heavy (non-hydrogen) atoms. The molecule has 0 unspecified atom stereocenters. The smallest absolute Gasteiger partial charge is 0.276 e. The number of likely N-dealkylation sites (tertiary alicyclic amines) is 1. The number of sulfone groups is 1. The quantitative estimate of drug-likeness (QED) is 0.575. The highest BCUT2D eigenvalue weighted by atomic mass is 32.2. The van der Waals surface area contributed by atoms with E-state index in [1.165, 1.54) is 5.56 Å². The highest BCUT2D eigenvalue weighted by Crippen LogP contribution is 2.25. The number of carbonyl (C=O) groups is 1. The van der Waals surface area contributed by atoms with E-state index in [4.69, 9.17) is 4.52 Å². The molecule has 1 aromatic heterocycles. The number of benzene rings is 2. The molecule has 0 radical (unpaired) electrons. The third-order valence-electron chi connectivity index (χ3n) is 5.88.